The number of alkyl halides is 3. The molecule has 1 heterocycles. The average Bonchev–Trinajstić information content (AvgIpc) is 2.67. The molecule has 2 aromatic carbocycles. The lowest BCUT2D eigenvalue weighted by molar-refractivity contribution is -0.137. The van der Waals surface area contributed by atoms with Crippen LogP contribution in [0.5, 0.6) is 0 Å². The quantitative estimate of drug-likeness (QED) is 0.815. The maximum Gasteiger partial charge on any atom is 0.416 e. The highest BCUT2D eigenvalue weighted by molar-refractivity contribution is 6.30. The van der Waals surface area contributed by atoms with E-state index in [1.165, 1.54) is 0 Å². The van der Waals surface area contributed by atoms with E-state index >= 15 is 0 Å². The highest BCUT2D eigenvalue weighted by atomic mass is 35.5. The molecule has 0 atom stereocenters. The summed E-state index contributed by atoms with van der Waals surface area (Å²) in [7, 11) is 0. The van der Waals surface area contributed by atoms with Gasteiger partial charge in [0.05, 0.1) is 5.56 Å². The van der Waals surface area contributed by atoms with Crippen LogP contribution in [0.15, 0.2) is 48.5 Å². The van der Waals surface area contributed by atoms with Crippen LogP contribution in [-0.4, -0.2) is 35.8 Å². The number of carbonyl (C=O) groups is 2. The van der Waals surface area contributed by atoms with Crippen LogP contribution in [0.3, 0.4) is 0 Å². The molecule has 1 N–H and O–H groups in total. The predicted octanol–water partition coefficient (Wildman–Crippen LogP) is 4.39. The SMILES string of the molecule is O=C(NC1CCN(C(=O)c2cccc(Cl)c2)CC1)c1ccc(C(F)(F)F)cc1. The van der Waals surface area contributed by atoms with Crippen LogP contribution in [0.25, 0.3) is 0 Å². The zero-order valence-corrected chi connectivity index (χ0v) is 15.6. The maximum atomic E-state index is 12.6. The third-order valence-electron chi connectivity index (χ3n) is 4.66. The lowest BCUT2D eigenvalue weighted by Gasteiger charge is -2.32. The van der Waals surface area contributed by atoms with E-state index in [1.807, 2.05) is 0 Å². The molecule has 3 rings (SSSR count). The zero-order chi connectivity index (χ0) is 20.3. The summed E-state index contributed by atoms with van der Waals surface area (Å²) in [5, 5.41) is 3.31. The Morgan fingerprint density at radius 2 is 1.64 bits per heavy atom. The number of halogens is 4. The van der Waals surface area contributed by atoms with Crippen molar-refractivity contribution in [2.45, 2.75) is 25.1 Å². The molecule has 148 valence electrons. The molecule has 0 aliphatic carbocycles. The lowest BCUT2D eigenvalue weighted by Crippen LogP contribution is -2.46. The molecule has 1 fully saturated rings. The Morgan fingerprint density at radius 3 is 2.21 bits per heavy atom. The van der Waals surface area contributed by atoms with Crippen molar-refractivity contribution in [3.63, 3.8) is 0 Å². The van der Waals surface area contributed by atoms with E-state index in [4.69, 9.17) is 11.6 Å². The molecular weight excluding hydrogens is 393 g/mol. The monoisotopic (exact) mass is 410 g/mol. The van der Waals surface area contributed by atoms with E-state index in [0.717, 1.165) is 24.3 Å². The normalized spacial score (nSPS) is 15.4. The van der Waals surface area contributed by atoms with Crippen molar-refractivity contribution in [3.05, 3.63) is 70.2 Å². The molecule has 28 heavy (non-hydrogen) atoms. The minimum Gasteiger partial charge on any atom is -0.349 e. The van der Waals surface area contributed by atoms with E-state index in [2.05, 4.69) is 5.32 Å². The van der Waals surface area contributed by atoms with Gasteiger partial charge in [-0.25, -0.2) is 0 Å². The number of amides is 2. The molecule has 0 bridgehead atoms. The minimum absolute atomic E-state index is 0.116. The van der Waals surface area contributed by atoms with Crippen LogP contribution in [0, 0.1) is 0 Å². The number of hydrogen-bond acceptors (Lipinski definition) is 2. The van der Waals surface area contributed by atoms with Gasteiger partial charge in [-0.1, -0.05) is 17.7 Å². The Bertz CT molecular complexity index is 860. The Hall–Kier alpha value is -2.54. The summed E-state index contributed by atoms with van der Waals surface area (Å²) in [4.78, 5) is 26.5. The van der Waals surface area contributed by atoms with Crippen LogP contribution >= 0.6 is 11.6 Å². The maximum absolute atomic E-state index is 12.6. The lowest BCUT2D eigenvalue weighted by atomic mass is 10.0. The van der Waals surface area contributed by atoms with Gasteiger partial charge in [-0.2, -0.15) is 13.2 Å². The molecule has 8 heteroatoms. The smallest absolute Gasteiger partial charge is 0.349 e. The molecule has 0 spiro atoms. The number of benzene rings is 2. The molecule has 1 aliphatic heterocycles. The van der Waals surface area contributed by atoms with E-state index in [1.54, 1.807) is 29.2 Å². The van der Waals surface area contributed by atoms with Crippen molar-refractivity contribution in [2.24, 2.45) is 0 Å². The highest BCUT2D eigenvalue weighted by Crippen LogP contribution is 2.29. The summed E-state index contributed by atoms with van der Waals surface area (Å²) in [6.07, 6.45) is -3.30. The molecule has 0 radical (unpaired) electrons. The van der Waals surface area contributed by atoms with E-state index in [9.17, 15) is 22.8 Å². The molecule has 4 nitrogen and oxygen atoms in total. The minimum atomic E-state index is -4.43. The van der Waals surface area contributed by atoms with Crippen molar-refractivity contribution in [1.82, 2.24) is 10.2 Å². The summed E-state index contributed by atoms with van der Waals surface area (Å²) < 4.78 is 37.8. The fourth-order valence-corrected chi connectivity index (χ4v) is 3.30. The van der Waals surface area contributed by atoms with Crippen LogP contribution in [0.1, 0.15) is 39.1 Å². The second-order valence-electron chi connectivity index (χ2n) is 6.63. The number of carbonyl (C=O) groups excluding carboxylic acids is 2. The Kier molecular flexibility index (Phi) is 5.93. The molecular formula is C20H18ClF3N2O2. The Balaban J connectivity index is 1.54. The van der Waals surface area contributed by atoms with Gasteiger partial charge in [0, 0.05) is 35.3 Å². The van der Waals surface area contributed by atoms with Gasteiger partial charge < -0.3 is 10.2 Å². The number of nitrogens with zero attached hydrogens (tertiary/aromatic N) is 1. The van der Waals surface area contributed by atoms with Crippen molar-refractivity contribution in [1.29, 1.82) is 0 Å². The standard InChI is InChI=1S/C20H18ClF3N2O2/c21-16-3-1-2-14(12-16)19(28)26-10-8-17(9-11-26)25-18(27)13-4-6-15(7-5-13)20(22,23)24/h1-7,12,17H,8-11H2,(H,25,27). The third kappa shape index (κ3) is 4.84. The van der Waals surface area contributed by atoms with Crippen molar-refractivity contribution in [3.8, 4) is 0 Å². The average molecular weight is 411 g/mol. The van der Waals surface area contributed by atoms with Crippen LogP contribution in [-0.2, 0) is 6.18 Å². The summed E-state index contributed by atoms with van der Waals surface area (Å²) in [6.45, 7) is 0.951. The number of likely N-dealkylation sites (tertiary alicyclic amines) is 1. The van der Waals surface area contributed by atoms with Crippen LogP contribution in [0.4, 0.5) is 13.2 Å². The summed E-state index contributed by atoms with van der Waals surface area (Å²) in [5.41, 5.74) is -0.109. The number of piperidine rings is 1. The Morgan fingerprint density at radius 1 is 1.00 bits per heavy atom. The molecule has 1 aliphatic rings. The Labute approximate surface area is 165 Å². The van der Waals surface area contributed by atoms with Gasteiger partial charge in [-0.05, 0) is 55.3 Å². The number of hydrogen-bond donors (Lipinski definition) is 1. The second kappa shape index (κ2) is 8.22. The summed E-state index contributed by atoms with van der Waals surface area (Å²) >= 11 is 5.92. The summed E-state index contributed by atoms with van der Waals surface area (Å²) in [6, 6.07) is 10.7. The van der Waals surface area contributed by atoms with Crippen molar-refractivity contribution < 1.29 is 22.8 Å². The van der Waals surface area contributed by atoms with Gasteiger partial charge in [-0.15, -0.1) is 0 Å². The van der Waals surface area contributed by atoms with E-state index < -0.39 is 17.6 Å². The van der Waals surface area contributed by atoms with Gasteiger partial charge in [0.15, 0.2) is 0 Å². The third-order valence-corrected chi connectivity index (χ3v) is 4.90. The fourth-order valence-electron chi connectivity index (χ4n) is 3.11. The van der Waals surface area contributed by atoms with Gasteiger partial charge in [0.25, 0.3) is 11.8 Å². The van der Waals surface area contributed by atoms with Gasteiger partial charge in [0.1, 0.15) is 0 Å². The first-order valence-corrected chi connectivity index (χ1v) is 9.15. The number of nitrogens with one attached hydrogen (secondary N) is 1. The second-order valence-corrected chi connectivity index (χ2v) is 7.06. The number of rotatable bonds is 3. The molecule has 1 saturated heterocycles. The molecule has 2 aromatic rings. The zero-order valence-electron chi connectivity index (χ0n) is 14.8. The topological polar surface area (TPSA) is 49.4 Å². The molecule has 0 unspecified atom stereocenters. The first-order valence-electron chi connectivity index (χ1n) is 8.77. The molecule has 0 saturated carbocycles. The predicted molar refractivity (Wildman–Crippen MR) is 99.3 cm³/mol. The van der Waals surface area contributed by atoms with Crippen LogP contribution < -0.4 is 5.32 Å². The van der Waals surface area contributed by atoms with Crippen molar-refractivity contribution in [2.75, 3.05) is 13.1 Å². The van der Waals surface area contributed by atoms with E-state index in [-0.39, 0.29) is 17.5 Å². The molecule has 0 aromatic heterocycles. The fraction of sp³-hybridized carbons (Fsp3) is 0.300. The van der Waals surface area contributed by atoms with Gasteiger partial charge >= 0.3 is 6.18 Å². The molecule has 2 amide bonds. The van der Waals surface area contributed by atoms with Crippen LogP contribution in [0.2, 0.25) is 5.02 Å². The largest absolute Gasteiger partial charge is 0.416 e. The first-order chi connectivity index (χ1) is 13.2. The highest BCUT2D eigenvalue weighted by Gasteiger charge is 2.30. The van der Waals surface area contributed by atoms with Gasteiger partial charge in [-0.3, -0.25) is 9.59 Å². The van der Waals surface area contributed by atoms with Gasteiger partial charge in [0.2, 0.25) is 0 Å². The summed E-state index contributed by atoms with van der Waals surface area (Å²) in [5.74, 6) is -0.539. The van der Waals surface area contributed by atoms with Crippen molar-refractivity contribution >= 4 is 23.4 Å². The van der Waals surface area contributed by atoms with E-state index in [0.29, 0.717) is 36.5 Å². The first kappa shape index (κ1) is 20.2.